The molecule has 1 heterocycles. The van der Waals surface area contributed by atoms with Crippen LogP contribution in [0.1, 0.15) is 16.1 Å². The van der Waals surface area contributed by atoms with Crippen LogP contribution in [0.5, 0.6) is 0 Å². The number of carbonyl (C=O) groups is 1. The number of nitrogens with one attached hydrogen (secondary N) is 2. The third-order valence-corrected chi connectivity index (χ3v) is 4.72. The van der Waals surface area contributed by atoms with Gasteiger partial charge in [-0.25, -0.2) is 17.9 Å². The Kier molecular flexibility index (Phi) is 4.11. The van der Waals surface area contributed by atoms with Crippen molar-refractivity contribution in [3.05, 3.63) is 44.5 Å². The van der Waals surface area contributed by atoms with E-state index in [4.69, 9.17) is 10.8 Å². The van der Waals surface area contributed by atoms with E-state index in [1.165, 1.54) is 11.4 Å². The lowest BCUT2D eigenvalue weighted by molar-refractivity contribution is 0.0692. The molecule has 2 rings (SSSR count). The summed E-state index contributed by atoms with van der Waals surface area (Å²) >= 11 is 0.904. The number of nitrogen functional groups attached to an aromatic ring is 1. The van der Waals surface area contributed by atoms with Crippen LogP contribution in [0.2, 0.25) is 0 Å². The molecule has 0 atom stereocenters. The minimum Gasteiger partial charge on any atom is -0.478 e. The molecule has 0 aliphatic rings. The van der Waals surface area contributed by atoms with Crippen LogP contribution >= 0.6 is 11.3 Å². The molecular weight excluding hydrogens is 318 g/mol. The summed E-state index contributed by atoms with van der Waals surface area (Å²) in [6.45, 7) is -0.148. The second kappa shape index (κ2) is 5.68. The lowest BCUT2D eigenvalue weighted by atomic mass is 10.2. The van der Waals surface area contributed by atoms with E-state index in [9.17, 15) is 18.0 Å². The molecule has 21 heavy (non-hydrogen) atoms. The average Bonchev–Trinajstić information content (AvgIpc) is 2.82. The van der Waals surface area contributed by atoms with Crippen molar-refractivity contribution in [3.8, 4) is 0 Å². The van der Waals surface area contributed by atoms with Crippen molar-refractivity contribution in [2.75, 3.05) is 5.73 Å². The van der Waals surface area contributed by atoms with Gasteiger partial charge in [0.15, 0.2) is 0 Å². The van der Waals surface area contributed by atoms with Crippen molar-refractivity contribution in [3.63, 3.8) is 0 Å². The SMILES string of the molecule is Nc1ccc(S(=O)(=O)NCc2csc(=O)[nH]2)c(C(=O)O)c1. The van der Waals surface area contributed by atoms with Gasteiger partial charge in [0.25, 0.3) is 0 Å². The molecule has 1 aromatic carbocycles. The van der Waals surface area contributed by atoms with Gasteiger partial charge in [0.1, 0.15) is 0 Å². The first-order chi connectivity index (χ1) is 9.79. The molecule has 0 amide bonds. The number of anilines is 1. The second-order valence-corrected chi connectivity index (χ2v) is 6.64. The maximum atomic E-state index is 12.1. The Morgan fingerprint density at radius 1 is 1.43 bits per heavy atom. The molecular formula is C11H11N3O5S2. The molecule has 0 fully saturated rings. The maximum absolute atomic E-state index is 12.1. The van der Waals surface area contributed by atoms with Crippen molar-refractivity contribution in [2.24, 2.45) is 0 Å². The highest BCUT2D eigenvalue weighted by molar-refractivity contribution is 7.89. The van der Waals surface area contributed by atoms with Crippen LogP contribution in [0.3, 0.4) is 0 Å². The van der Waals surface area contributed by atoms with Crippen LogP contribution in [-0.4, -0.2) is 24.5 Å². The van der Waals surface area contributed by atoms with E-state index < -0.39 is 21.6 Å². The third kappa shape index (κ3) is 3.48. The molecule has 8 nitrogen and oxygen atoms in total. The number of sulfonamides is 1. The molecule has 2 aromatic rings. The molecule has 1 aromatic heterocycles. The van der Waals surface area contributed by atoms with Gasteiger partial charge in [-0.15, -0.1) is 0 Å². The molecule has 5 N–H and O–H groups in total. The summed E-state index contributed by atoms with van der Waals surface area (Å²) in [4.78, 5) is 23.8. The molecule has 0 spiro atoms. The summed E-state index contributed by atoms with van der Waals surface area (Å²) < 4.78 is 26.5. The smallest absolute Gasteiger partial charge is 0.337 e. The molecule has 0 saturated heterocycles. The zero-order valence-electron chi connectivity index (χ0n) is 10.5. The van der Waals surface area contributed by atoms with Crippen LogP contribution in [0.4, 0.5) is 5.69 Å². The highest BCUT2D eigenvalue weighted by Gasteiger charge is 2.22. The summed E-state index contributed by atoms with van der Waals surface area (Å²) in [5.74, 6) is -1.40. The van der Waals surface area contributed by atoms with Gasteiger partial charge < -0.3 is 15.8 Å². The topological polar surface area (TPSA) is 142 Å². The number of benzene rings is 1. The van der Waals surface area contributed by atoms with Crippen LogP contribution in [-0.2, 0) is 16.6 Å². The van der Waals surface area contributed by atoms with Crippen LogP contribution in [0, 0.1) is 0 Å². The Hall–Kier alpha value is -2.17. The molecule has 0 radical (unpaired) electrons. The van der Waals surface area contributed by atoms with Gasteiger partial charge in [-0.1, -0.05) is 11.3 Å². The number of aromatic amines is 1. The number of rotatable bonds is 5. The minimum absolute atomic E-state index is 0.147. The number of thiazole rings is 1. The van der Waals surface area contributed by atoms with Crippen molar-refractivity contribution < 1.29 is 18.3 Å². The second-order valence-electron chi connectivity index (χ2n) is 4.06. The van der Waals surface area contributed by atoms with Gasteiger partial charge in [0, 0.05) is 16.8 Å². The Morgan fingerprint density at radius 3 is 2.71 bits per heavy atom. The number of hydrogen-bond donors (Lipinski definition) is 4. The fourth-order valence-corrected chi connectivity index (χ4v) is 3.37. The fraction of sp³-hybridized carbons (Fsp3) is 0.0909. The number of nitrogens with two attached hydrogens (primary N) is 1. The third-order valence-electron chi connectivity index (χ3n) is 2.55. The monoisotopic (exact) mass is 329 g/mol. The molecule has 0 saturated carbocycles. The van der Waals surface area contributed by atoms with E-state index in [1.807, 2.05) is 0 Å². The summed E-state index contributed by atoms with van der Waals surface area (Å²) in [5.41, 5.74) is 5.58. The number of aromatic carboxylic acids is 1. The fourth-order valence-electron chi connectivity index (χ4n) is 1.60. The van der Waals surface area contributed by atoms with E-state index in [0.29, 0.717) is 5.69 Å². The average molecular weight is 329 g/mol. The lowest BCUT2D eigenvalue weighted by Crippen LogP contribution is -2.25. The number of hydrogen-bond acceptors (Lipinski definition) is 6. The Balaban J connectivity index is 2.31. The summed E-state index contributed by atoms with van der Waals surface area (Å²) in [6, 6.07) is 3.49. The maximum Gasteiger partial charge on any atom is 0.337 e. The number of H-pyrrole nitrogens is 1. The van der Waals surface area contributed by atoms with E-state index >= 15 is 0 Å². The zero-order chi connectivity index (χ0) is 15.6. The molecule has 0 aliphatic heterocycles. The Morgan fingerprint density at radius 2 is 2.14 bits per heavy atom. The molecule has 0 bridgehead atoms. The summed E-state index contributed by atoms with van der Waals surface area (Å²) in [5, 5.41) is 10.5. The minimum atomic E-state index is -4.05. The number of aromatic nitrogens is 1. The highest BCUT2D eigenvalue weighted by Crippen LogP contribution is 2.19. The summed E-state index contributed by atoms with van der Waals surface area (Å²) in [6.07, 6.45) is 0. The van der Waals surface area contributed by atoms with Crippen LogP contribution in [0.15, 0.2) is 33.3 Å². The lowest BCUT2D eigenvalue weighted by Gasteiger charge is -2.09. The van der Waals surface area contributed by atoms with Crippen molar-refractivity contribution in [1.82, 2.24) is 9.71 Å². The molecule has 0 unspecified atom stereocenters. The van der Waals surface area contributed by atoms with Crippen LogP contribution in [0.25, 0.3) is 0 Å². The van der Waals surface area contributed by atoms with E-state index in [2.05, 4.69) is 9.71 Å². The van der Waals surface area contributed by atoms with Gasteiger partial charge in [-0.2, -0.15) is 0 Å². The quantitative estimate of drug-likeness (QED) is 0.577. The number of carboxylic acids is 1. The number of carboxylic acid groups (broad SMARTS) is 1. The van der Waals surface area contributed by atoms with Crippen LogP contribution < -0.4 is 15.3 Å². The molecule has 112 valence electrons. The normalized spacial score (nSPS) is 11.4. The highest BCUT2D eigenvalue weighted by atomic mass is 32.2. The predicted molar refractivity (Wildman–Crippen MR) is 76.8 cm³/mol. The van der Waals surface area contributed by atoms with E-state index in [0.717, 1.165) is 23.5 Å². The van der Waals surface area contributed by atoms with E-state index in [-0.39, 0.29) is 22.0 Å². The van der Waals surface area contributed by atoms with Gasteiger partial charge in [-0.05, 0) is 18.2 Å². The standard InChI is InChI=1S/C11H11N3O5S2/c12-6-1-2-9(8(3-6)10(15)16)21(18,19)13-4-7-5-20-11(17)14-7/h1-3,5,13H,4,12H2,(H,14,17)(H,15,16). The first-order valence-corrected chi connectivity index (χ1v) is 7.95. The largest absolute Gasteiger partial charge is 0.478 e. The molecule has 10 heteroatoms. The van der Waals surface area contributed by atoms with Gasteiger partial charge in [0.2, 0.25) is 10.0 Å². The van der Waals surface area contributed by atoms with Gasteiger partial charge >= 0.3 is 10.8 Å². The zero-order valence-corrected chi connectivity index (χ0v) is 12.1. The van der Waals surface area contributed by atoms with E-state index in [1.54, 1.807) is 0 Å². The first kappa shape index (κ1) is 15.2. The predicted octanol–water partition coefficient (Wildman–Crippen LogP) is 0.195. The first-order valence-electron chi connectivity index (χ1n) is 5.59. The molecule has 0 aliphatic carbocycles. The Labute approximate surface area is 123 Å². The van der Waals surface area contributed by atoms with Crippen molar-refractivity contribution in [2.45, 2.75) is 11.4 Å². The van der Waals surface area contributed by atoms with Crippen molar-refractivity contribution in [1.29, 1.82) is 0 Å². The van der Waals surface area contributed by atoms with Gasteiger partial charge in [-0.3, -0.25) is 4.79 Å². The van der Waals surface area contributed by atoms with Gasteiger partial charge in [0.05, 0.1) is 17.0 Å². The summed E-state index contributed by atoms with van der Waals surface area (Å²) in [7, 11) is -4.05. The van der Waals surface area contributed by atoms with Crippen molar-refractivity contribution >= 4 is 33.0 Å². The Bertz CT molecular complexity index is 838.